The third-order valence-corrected chi connectivity index (χ3v) is 5.24. The van der Waals surface area contributed by atoms with Crippen molar-refractivity contribution in [2.24, 2.45) is 0 Å². The number of hydrogen-bond donors (Lipinski definition) is 1. The maximum Gasteiger partial charge on any atom is 0.185 e. The molecule has 1 saturated carbocycles. The highest BCUT2D eigenvalue weighted by Crippen LogP contribution is 2.31. The Labute approximate surface area is 120 Å². The molecule has 0 atom stereocenters. The van der Waals surface area contributed by atoms with E-state index in [1.54, 1.807) is 11.3 Å². The Hall–Kier alpha value is -0.610. The average Bonchev–Trinajstić information content (AvgIpc) is 2.64. The summed E-state index contributed by atoms with van der Waals surface area (Å²) in [7, 11) is 2.17. The summed E-state index contributed by atoms with van der Waals surface area (Å²) >= 11 is 1.67. The second-order valence-corrected chi connectivity index (χ2v) is 6.59. The molecule has 1 aliphatic rings. The first-order valence-electron chi connectivity index (χ1n) is 7.58. The minimum atomic E-state index is 0.130. The molecular formula is C15H26N2OS. The quantitative estimate of drug-likeness (QED) is 0.836. The molecule has 0 spiro atoms. The van der Waals surface area contributed by atoms with Crippen molar-refractivity contribution in [2.45, 2.75) is 70.9 Å². The van der Waals surface area contributed by atoms with Crippen molar-refractivity contribution in [3.63, 3.8) is 0 Å². The summed E-state index contributed by atoms with van der Waals surface area (Å²) in [4.78, 5) is 8.17. The molecule has 0 amide bonds. The molecule has 1 heterocycles. The normalized spacial score (nSPS) is 17.4. The van der Waals surface area contributed by atoms with E-state index >= 15 is 0 Å². The largest absolute Gasteiger partial charge is 0.391 e. The summed E-state index contributed by atoms with van der Waals surface area (Å²) < 4.78 is 0. The van der Waals surface area contributed by atoms with Gasteiger partial charge in [0.1, 0.15) is 0 Å². The van der Waals surface area contributed by atoms with Crippen molar-refractivity contribution in [2.75, 3.05) is 11.9 Å². The second-order valence-electron chi connectivity index (χ2n) is 5.53. The fourth-order valence-electron chi connectivity index (χ4n) is 2.88. The zero-order valence-corrected chi connectivity index (χ0v) is 13.0. The van der Waals surface area contributed by atoms with Gasteiger partial charge in [-0.05, 0) is 19.3 Å². The number of rotatable bonds is 5. The third-order valence-electron chi connectivity index (χ3n) is 4.07. The monoisotopic (exact) mass is 282 g/mol. The topological polar surface area (TPSA) is 36.4 Å². The van der Waals surface area contributed by atoms with Crippen molar-refractivity contribution in [1.29, 1.82) is 0 Å². The van der Waals surface area contributed by atoms with E-state index in [-0.39, 0.29) is 6.61 Å². The minimum absolute atomic E-state index is 0.130. The van der Waals surface area contributed by atoms with Crippen LogP contribution in [-0.2, 0) is 13.0 Å². The highest BCUT2D eigenvalue weighted by atomic mass is 32.1. The van der Waals surface area contributed by atoms with E-state index in [0.717, 1.165) is 28.5 Å². The lowest BCUT2D eigenvalue weighted by Crippen LogP contribution is -2.30. The molecule has 1 N–H and O–H groups in total. The zero-order valence-electron chi connectivity index (χ0n) is 12.2. The Morgan fingerprint density at radius 3 is 2.53 bits per heavy atom. The van der Waals surface area contributed by atoms with Crippen LogP contribution in [0.25, 0.3) is 0 Å². The highest BCUT2D eigenvalue weighted by Gasteiger charge is 2.21. The number of aliphatic hydroxyl groups is 1. The van der Waals surface area contributed by atoms with Crippen LogP contribution < -0.4 is 4.90 Å². The number of aryl methyl sites for hydroxylation is 1. The van der Waals surface area contributed by atoms with Gasteiger partial charge in [-0.25, -0.2) is 4.98 Å². The Kier molecular flexibility index (Phi) is 5.64. The summed E-state index contributed by atoms with van der Waals surface area (Å²) in [5.41, 5.74) is 1.10. The first-order valence-corrected chi connectivity index (χ1v) is 8.40. The molecule has 0 saturated heterocycles. The van der Waals surface area contributed by atoms with Gasteiger partial charge in [-0.1, -0.05) is 50.4 Å². The van der Waals surface area contributed by atoms with Crippen LogP contribution in [0.15, 0.2) is 0 Å². The Bertz CT molecular complexity index is 383. The van der Waals surface area contributed by atoms with Crippen LogP contribution in [0.3, 0.4) is 0 Å². The van der Waals surface area contributed by atoms with Gasteiger partial charge in [-0.3, -0.25) is 0 Å². The lowest BCUT2D eigenvalue weighted by Gasteiger charge is -2.26. The Morgan fingerprint density at radius 2 is 1.95 bits per heavy atom. The van der Waals surface area contributed by atoms with Crippen LogP contribution in [-0.4, -0.2) is 23.2 Å². The van der Waals surface area contributed by atoms with Gasteiger partial charge in [-0.15, -0.1) is 0 Å². The van der Waals surface area contributed by atoms with E-state index in [0.29, 0.717) is 6.04 Å². The first-order chi connectivity index (χ1) is 9.26. The predicted molar refractivity (Wildman–Crippen MR) is 81.9 cm³/mol. The lowest BCUT2D eigenvalue weighted by molar-refractivity contribution is 0.284. The van der Waals surface area contributed by atoms with Gasteiger partial charge in [-0.2, -0.15) is 0 Å². The lowest BCUT2D eigenvalue weighted by atomic mass is 10.1. The molecule has 108 valence electrons. The second kappa shape index (κ2) is 7.25. The minimum Gasteiger partial charge on any atom is -0.391 e. The Morgan fingerprint density at radius 1 is 1.26 bits per heavy atom. The van der Waals surface area contributed by atoms with Gasteiger partial charge in [0.15, 0.2) is 5.13 Å². The van der Waals surface area contributed by atoms with E-state index in [1.165, 1.54) is 38.5 Å². The maximum absolute atomic E-state index is 9.45. The van der Waals surface area contributed by atoms with E-state index in [9.17, 15) is 5.11 Å². The molecule has 1 aromatic heterocycles. The average molecular weight is 282 g/mol. The van der Waals surface area contributed by atoms with Crippen molar-refractivity contribution in [3.8, 4) is 0 Å². The van der Waals surface area contributed by atoms with Crippen LogP contribution >= 0.6 is 11.3 Å². The van der Waals surface area contributed by atoms with Crippen LogP contribution in [0.1, 0.15) is 62.4 Å². The number of aromatic nitrogens is 1. The van der Waals surface area contributed by atoms with Gasteiger partial charge in [0, 0.05) is 13.1 Å². The predicted octanol–water partition coefficient (Wildman–Crippen LogP) is 3.75. The molecule has 0 bridgehead atoms. The SMILES string of the molecule is CCCc1nc(N(C)C2CCCCCC2)sc1CO. The molecule has 0 unspecified atom stereocenters. The van der Waals surface area contributed by atoms with Gasteiger partial charge in [0.2, 0.25) is 0 Å². The highest BCUT2D eigenvalue weighted by molar-refractivity contribution is 7.15. The molecule has 1 aromatic rings. The third kappa shape index (κ3) is 3.69. The molecule has 0 radical (unpaired) electrons. The molecule has 0 aliphatic heterocycles. The molecule has 0 aromatic carbocycles. The number of nitrogens with zero attached hydrogens (tertiary/aromatic N) is 2. The molecular weight excluding hydrogens is 256 g/mol. The van der Waals surface area contributed by atoms with E-state index < -0.39 is 0 Å². The van der Waals surface area contributed by atoms with Crippen LogP contribution in [0.2, 0.25) is 0 Å². The molecule has 3 nitrogen and oxygen atoms in total. The number of thiazole rings is 1. The van der Waals surface area contributed by atoms with Crippen molar-refractivity contribution >= 4 is 16.5 Å². The number of aliphatic hydroxyl groups excluding tert-OH is 1. The van der Waals surface area contributed by atoms with Crippen LogP contribution in [0, 0.1) is 0 Å². The fourth-order valence-corrected chi connectivity index (χ4v) is 3.88. The van der Waals surface area contributed by atoms with Gasteiger partial charge in [0.25, 0.3) is 0 Å². The van der Waals surface area contributed by atoms with Crippen molar-refractivity contribution in [3.05, 3.63) is 10.6 Å². The molecule has 2 rings (SSSR count). The van der Waals surface area contributed by atoms with Crippen molar-refractivity contribution < 1.29 is 5.11 Å². The summed E-state index contributed by atoms with van der Waals surface area (Å²) in [6, 6.07) is 0.634. The smallest absolute Gasteiger partial charge is 0.185 e. The molecule has 1 aliphatic carbocycles. The fraction of sp³-hybridized carbons (Fsp3) is 0.800. The number of hydrogen-bond acceptors (Lipinski definition) is 4. The standard InChI is InChI=1S/C15H26N2OS/c1-3-8-13-14(11-18)19-15(16-13)17(2)12-9-6-4-5-7-10-12/h12,18H,3-11H2,1-2H3. The Balaban J connectivity index is 2.10. The first kappa shape index (κ1) is 14.8. The van der Waals surface area contributed by atoms with E-state index in [4.69, 9.17) is 4.98 Å². The number of anilines is 1. The van der Waals surface area contributed by atoms with E-state index in [1.807, 2.05) is 0 Å². The van der Waals surface area contributed by atoms with Gasteiger partial charge < -0.3 is 10.0 Å². The summed E-state index contributed by atoms with van der Waals surface area (Å²) in [6.45, 7) is 2.29. The summed E-state index contributed by atoms with van der Waals surface area (Å²) in [5, 5.41) is 10.5. The van der Waals surface area contributed by atoms with E-state index in [2.05, 4.69) is 18.9 Å². The van der Waals surface area contributed by atoms with Gasteiger partial charge >= 0.3 is 0 Å². The maximum atomic E-state index is 9.45. The van der Waals surface area contributed by atoms with Crippen molar-refractivity contribution in [1.82, 2.24) is 4.98 Å². The van der Waals surface area contributed by atoms with Crippen LogP contribution in [0.4, 0.5) is 5.13 Å². The zero-order chi connectivity index (χ0) is 13.7. The summed E-state index contributed by atoms with van der Waals surface area (Å²) in [5.74, 6) is 0. The molecule has 1 fully saturated rings. The molecule has 19 heavy (non-hydrogen) atoms. The van der Waals surface area contributed by atoms with Crippen LogP contribution in [0.5, 0.6) is 0 Å². The summed E-state index contributed by atoms with van der Waals surface area (Å²) in [6.07, 6.45) is 10.1. The van der Waals surface area contributed by atoms with Gasteiger partial charge in [0.05, 0.1) is 17.2 Å². The molecule has 4 heteroatoms.